The number of pyridine rings is 1. The van der Waals surface area contributed by atoms with Crippen molar-refractivity contribution >= 4 is 5.97 Å². The number of ether oxygens (including phenoxy) is 1. The van der Waals surface area contributed by atoms with E-state index < -0.39 is 0 Å². The van der Waals surface area contributed by atoms with Crippen molar-refractivity contribution in [2.45, 2.75) is 6.42 Å². The van der Waals surface area contributed by atoms with E-state index in [9.17, 15) is 4.79 Å². The fourth-order valence-electron chi connectivity index (χ4n) is 1.71. The molecule has 0 bridgehead atoms. The van der Waals surface area contributed by atoms with Gasteiger partial charge in [0.15, 0.2) is 0 Å². The molecule has 3 nitrogen and oxygen atoms in total. The Kier molecular flexibility index (Phi) is 3.50. The summed E-state index contributed by atoms with van der Waals surface area (Å²) < 4.78 is 4.69. The van der Waals surface area contributed by atoms with E-state index >= 15 is 0 Å². The van der Waals surface area contributed by atoms with Gasteiger partial charge in [0.2, 0.25) is 0 Å². The highest BCUT2D eigenvalue weighted by molar-refractivity contribution is 5.77. The Labute approximate surface area is 100 Å². The standard InChI is InChI=1S/C14H13NO2/c1-17-14(16)9-11-5-2-3-7-13(11)12-6-4-8-15-10-12/h2-8,10H,9H2,1H3. The van der Waals surface area contributed by atoms with Gasteiger partial charge in [0.1, 0.15) is 0 Å². The first kappa shape index (κ1) is 11.3. The van der Waals surface area contributed by atoms with Gasteiger partial charge in [0.05, 0.1) is 13.5 Å². The summed E-state index contributed by atoms with van der Waals surface area (Å²) in [6.45, 7) is 0. The van der Waals surface area contributed by atoms with Crippen LogP contribution in [0.5, 0.6) is 0 Å². The maximum Gasteiger partial charge on any atom is 0.309 e. The SMILES string of the molecule is COC(=O)Cc1ccccc1-c1cccnc1. The van der Waals surface area contributed by atoms with E-state index in [2.05, 4.69) is 4.98 Å². The first-order valence-electron chi connectivity index (χ1n) is 5.36. The number of carbonyl (C=O) groups excluding carboxylic acids is 1. The van der Waals surface area contributed by atoms with Crippen molar-refractivity contribution in [3.63, 3.8) is 0 Å². The topological polar surface area (TPSA) is 39.2 Å². The zero-order chi connectivity index (χ0) is 12.1. The molecule has 3 heteroatoms. The summed E-state index contributed by atoms with van der Waals surface area (Å²) in [5.41, 5.74) is 2.98. The third-order valence-corrected chi connectivity index (χ3v) is 2.55. The predicted molar refractivity (Wildman–Crippen MR) is 65.4 cm³/mol. The molecule has 0 N–H and O–H groups in total. The van der Waals surface area contributed by atoms with Gasteiger partial charge in [-0.05, 0) is 17.2 Å². The Morgan fingerprint density at radius 1 is 1.24 bits per heavy atom. The third kappa shape index (κ3) is 2.69. The van der Waals surface area contributed by atoms with Crippen molar-refractivity contribution in [3.05, 3.63) is 54.4 Å². The molecular weight excluding hydrogens is 214 g/mol. The van der Waals surface area contributed by atoms with Gasteiger partial charge in [-0.15, -0.1) is 0 Å². The summed E-state index contributed by atoms with van der Waals surface area (Å²) in [6.07, 6.45) is 3.80. The van der Waals surface area contributed by atoms with Gasteiger partial charge in [-0.3, -0.25) is 9.78 Å². The molecule has 0 fully saturated rings. The highest BCUT2D eigenvalue weighted by Crippen LogP contribution is 2.23. The second-order valence-corrected chi connectivity index (χ2v) is 3.65. The van der Waals surface area contributed by atoms with Crippen LogP contribution in [0.2, 0.25) is 0 Å². The van der Waals surface area contributed by atoms with E-state index in [1.54, 1.807) is 12.4 Å². The van der Waals surface area contributed by atoms with Crippen molar-refractivity contribution in [3.8, 4) is 11.1 Å². The van der Waals surface area contributed by atoms with Gasteiger partial charge >= 0.3 is 5.97 Å². The van der Waals surface area contributed by atoms with Crippen LogP contribution in [0.25, 0.3) is 11.1 Å². The Morgan fingerprint density at radius 2 is 2.06 bits per heavy atom. The number of rotatable bonds is 3. The Hall–Kier alpha value is -2.16. The van der Waals surface area contributed by atoms with Crippen molar-refractivity contribution in [1.29, 1.82) is 0 Å². The molecule has 1 aromatic heterocycles. The molecule has 17 heavy (non-hydrogen) atoms. The summed E-state index contributed by atoms with van der Waals surface area (Å²) in [6, 6.07) is 11.6. The second-order valence-electron chi connectivity index (χ2n) is 3.65. The molecule has 1 heterocycles. The van der Waals surface area contributed by atoms with Crippen LogP contribution in [0.1, 0.15) is 5.56 Å². The van der Waals surface area contributed by atoms with Crippen molar-refractivity contribution in [1.82, 2.24) is 4.98 Å². The van der Waals surface area contributed by atoms with E-state index in [4.69, 9.17) is 4.74 Å². The molecule has 0 unspecified atom stereocenters. The summed E-state index contributed by atoms with van der Waals surface area (Å²) in [4.78, 5) is 15.4. The number of aromatic nitrogens is 1. The molecule has 0 radical (unpaired) electrons. The molecule has 0 spiro atoms. The summed E-state index contributed by atoms with van der Waals surface area (Å²) in [5.74, 6) is -0.235. The minimum atomic E-state index is -0.235. The van der Waals surface area contributed by atoms with Gasteiger partial charge in [-0.25, -0.2) is 0 Å². The molecule has 0 saturated carbocycles. The monoisotopic (exact) mass is 227 g/mol. The molecule has 0 amide bonds. The Bertz CT molecular complexity index is 509. The quantitative estimate of drug-likeness (QED) is 0.756. The van der Waals surface area contributed by atoms with Crippen molar-refractivity contribution < 1.29 is 9.53 Å². The summed E-state index contributed by atoms with van der Waals surface area (Å²) in [5, 5.41) is 0. The van der Waals surface area contributed by atoms with Crippen molar-refractivity contribution in [2.75, 3.05) is 7.11 Å². The average Bonchev–Trinajstić information content (AvgIpc) is 2.40. The van der Waals surface area contributed by atoms with E-state index in [0.29, 0.717) is 0 Å². The first-order chi connectivity index (χ1) is 8.31. The Balaban J connectivity index is 2.38. The van der Waals surface area contributed by atoms with Gasteiger partial charge in [-0.2, -0.15) is 0 Å². The molecule has 0 aliphatic rings. The van der Waals surface area contributed by atoms with Gasteiger partial charge in [0, 0.05) is 18.0 Å². The molecule has 1 aromatic carbocycles. The largest absolute Gasteiger partial charge is 0.469 e. The smallest absolute Gasteiger partial charge is 0.309 e. The minimum Gasteiger partial charge on any atom is -0.469 e. The lowest BCUT2D eigenvalue weighted by molar-refractivity contribution is -0.139. The van der Waals surface area contributed by atoms with Crippen molar-refractivity contribution in [2.24, 2.45) is 0 Å². The summed E-state index contributed by atoms with van der Waals surface area (Å²) >= 11 is 0. The highest BCUT2D eigenvalue weighted by atomic mass is 16.5. The van der Waals surface area contributed by atoms with Crippen LogP contribution in [-0.4, -0.2) is 18.1 Å². The van der Waals surface area contributed by atoms with Crippen LogP contribution < -0.4 is 0 Å². The van der Waals surface area contributed by atoms with Gasteiger partial charge in [-0.1, -0.05) is 30.3 Å². The lowest BCUT2D eigenvalue weighted by Crippen LogP contribution is -2.05. The molecule has 2 rings (SSSR count). The van der Waals surface area contributed by atoms with Crippen LogP contribution in [-0.2, 0) is 16.0 Å². The van der Waals surface area contributed by atoms with Crippen LogP contribution in [0, 0.1) is 0 Å². The lowest BCUT2D eigenvalue weighted by Gasteiger charge is -2.08. The van der Waals surface area contributed by atoms with Gasteiger partial charge < -0.3 is 4.74 Å². The maximum atomic E-state index is 11.3. The van der Waals surface area contributed by atoms with Crippen LogP contribution in [0.4, 0.5) is 0 Å². The van der Waals surface area contributed by atoms with E-state index in [0.717, 1.165) is 16.7 Å². The molecule has 2 aromatic rings. The number of hydrogen-bond donors (Lipinski definition) is 0. The molecule has 0 aliphatic heterocycles. The molecular formula is C14H13NO2. The number of carbonyl (C=O) groups is 1. The number of esters is 1. The number of methoxy groups -OCH3 is 1. The van der Waals surface area contributed by atoms with Crippen LogP contribution >= 0.6 is 0 Å². The number of benzene rings is 1. The first-order valence-corrected chi connectivity index (χ1v) is 5.36. The summed E-state index contributed by atoms with van der Waals surface area (Å²) in [7, 11) is 1.40. The van der Waals surface area contributed by atoms with Crippen LogP contribution in [0.15, 0.2) is 48.8 Å². The normalized spacial score (nSPS) is 9.94. The molecule has 0 saturated heterocycles. The highest BCUT2D eigenvalue weighted by Gasteiger charge is 2.08. The maximum absolute atomic E-state index is 11.3. The second kappa shape index (κ2) is 5.25. The van der Waals surface area contributed by atoms with Crippen LogP contribution in [0.3, 0.4) is 0 Å². The van der Waals surface area contributed by atoms with E-state index in [1.807, 2.05) is 36.4 Å². The molecule has 0 aliphatic carbocycles. The predicted octanol–water partition coefficient (Wildman–Crippen LogP) is 2.46. The number of nitrogens with zero attached hydrogens (tertiary/aromatic N) is 1. The number of hydrogen-bond acceptors (Lipinski definition) is 3. The zero-order valence-corrected chi connectivity index (χ0v) is 9.59. The van der Waals surface area contributed by atoms with E-state index in [1.165, 1.54) is 7.11 Å². The fraction of sp³-hybridized carbons (Fsp3) is 0.143. The average molecular weight is 227 g/mol. The zero-order valence-electron chi connectivity index (χ0n) is 9.59. The Morgan fingerprint density at radius 3 is 2.76 bits per heavy atom. The fourth-order valence-corrected chi connectivity index (χ4v) is 1.71. The van der Waals surface area contributed by atoms with Gasteiger partial charge in [0.25, 0.3) is 0 Å². The lowest BCUT2D eigenvalue weighted by atomic mass is 9.99. The molecule has 0 atom stereocenters. The van der Waals surface area contributed by atoms with E-state index in [-0.39, 0.29) is 12.4 Å². The third-order valence-electron chi connectivity index (χ3n) is 2.55. The minimum absolute atomic E-state index is 0.235. The molecule has 86 valence electrons.